The lowest BCUT2D eigenvalue weighted by molar-refractivity contribution is -0.677. The van der Waals surface area contributed by atoms with Crippen LogP contribution in [0.2, 0.25) is 0 Å². The maximum Gasteiger partial charge on any atom is 0.178 e. The molecule has 1 unspecified atom stereocenters. The summed E-state index contributed by atoms with van der Waals surface area (Å²) in [5, 5.41) is 0. The molecule has 1 nitrogen and oxygen atoms in total. The Balaban J connectivity index is 2.97. The Bertz CT molecular complexity index is 289. The molecule has 0 saturated heterocycles. The fourth-order valence-electron chi connectivity index (χ4n) is 1.37. The van der Waals surface area contributed by atoms with E-state index in [4.69, 9.17) is 0 Å². The Morgan fingerprint density at radius 1 is 1.23 bits per heavy atom. The molecule has 0 spiro atoms. The van der Waals surface area contributed by atoms with Gasteiger partial charge < -0.3 is 0 Å². The van der Waals surface area contributed by atoms with Crippen molar-refractivity contribution in [2.24, 2.45) is 13.0 Å². The van der Waals surface area contributed by atoms with Gasteiger partial charge in [0.1, 0.15) is 7.05 Å². The average Bonchev–Trinajstić information content (AvgIpc) is 2.08. The molecule has 0 bridgehead atoms. The van der Waals surface area contributed by atoms with E-state index in [1.807, 2.05) is 0 Å². The number of rotatable bonds is 2. The van der Waals surface area contributed by atoms with E-state index in [9.17, 15) is 0 Å². The molecule has 0 amide bonds. The van der Waals surface area contributed by atoms with E-state index in [1.54, 1.807) is 0 Å². The minimum atomic E-state index is 0.653. The number of aryl methyl sites for hydroxylation is 2. The van der Waals surface area contributed by atoms with Crippen molar-refractivity contribution in [1.82, 2.24) is 0 Å². The Kier molecular flexibility index (Phi) is 3.07. The zero-order valence-corrected chi connectivity index (χ0v) is 9.33. The van der Waals surface area contributed by atoms with Gasteiger partial charge >= 0.3 is 0 Å². The van der Waals surface area contributed by atoms with Gasteiger partial charge in [-0.3, -0.25) is 0 Å². The van der Waals surface area contributed by atoms with Gasteiger partial charge in [0.15, 0.2) is 11.9 Å². The van der Waals surface area contributed by atoms with Gasteiger partial charge in [-0.15, -0.1) is 0 Å². The van der Waals surface area contributed by atoms with E-state index in [-0.39, 0.29) is 0 Å². The molecule has 0 radical (unpaired) electrons. The van der Waals surface area contributed by atoms with Crippen molar-refractivity contribution in [3.05, 3.63) is 29.6 Å². The molecule has 13 heavy (non-hydrogen) atoms. The highest BCUT2D eigenvalue weighted by atomic mass is 14.9. The third-order valence-corrected chi connectivity index (χ3v) is 2.95. The van der Waals surface area contributed by atoms with Crippen molar-refractivity contribution < 1.29 is 4.57 Å². The monoisotopic (exact) mass is 178 g/mol. The molecular weight excluding hydrogens is 158 g/mol. The lowest BCUT2D eigenvalue weighted by Crippen LogP contribution is -2.31. The topological polar surface area (TPSA) is 3.88 Å². The first-order valence-electron chi connectivity index (χ1n) is 4.98. The van der Waals surface area contributed by atoms with Crippen molar-refractivity contribution in [3.63, 3.8) is 0 Å². The fraction of sp³-hybridized carbons (Fsp3) is 0.583. The highest BCUT2D eigenvalue weighted by molar-refractivity contribution is 5.17. The second-order valence-corrected chi connectivity index (χ2v) is 4.25. The highest BCUT2D eigenvalue weighted by Crippen LogP contribution is 2.22. The fourth-order valence-corrected chi connectivity index (χ4v) is 1.37. The van der Waals surface area contributed by atoms with Crippen LogP contribution >= 0.6 is 0 Å². The van der Waals surface area contributed by atoms with Crippen LogP contribution in [0, 0.1) is 12.8 Å². The van der Waals surface area contributed by atoms with Gasteiger partial charge in [0.05, 0.1) is 0 Å². The Morgan fingerprint density at radius 3 is 2.31 bits per heavy atom. The summed E-state index contributed by atoms with van der Waals surface area (Å²) in [6, 6.07) is 4.50. The smallest absolute Gasteiger partial charge is 0.178 e. The van der Waals surface area contributed by atoms with Gasteiger partial charge in [-0.1, -0.05) is 20.8 Å². The number of hydrogen-bond donors (Lipinski definition) is 0. The van der Waals surface area contributed by atoms with E-state index in [2.05, 4.69) is 57.6 Å². The van der Waals surface area contributed by atoms with Gasteiger partial charge in [0.2, 0.25) is 0 Å². The van der Waals surface area contributed by atoms with Crippen molar-refractivity contribution in [2.75, 3.05) is 0 Å². The summed E-state index contributed by atoms with van der Waals surface area (Å²) in [5.41, 5.74) is 2.77. The SMILES string of the molecule is Cc1cc(C(C)C(C)C)cc[n+]1C. The minimum absolute atomic E-state index is 0.653. The Labute approximate surface area is 81.4 Å². The molecule has 0 aromatic carbocycles. The van der Waals surface area contributed by atoms with E-state index in [1.165, 1.54) is 11.3 Å². The highest BCUT2D eigenvalue weighted by Gasteiger charge is 2.12. The molecule has 1 heterocycles. The molecule has 0 fully saturated rings. The molecule has 1 rings (SSSR count). The third kappa shape index (κ3) is 2.30. The zero-order valence-electron chi connectivity index (χ0n) is 9.33. The lowest BCUT2D eigenvalue weighted by Gasteiger charge is -2.15. The van der Waals surface area contributed by atoms with E-state index in [0.717, 1.165) is 0 Å². The number of hydrogen-bond acceptors (Lipinski definition) is 0. The second kappa shape index (κ2) is 3.91. The van der Waals surface area contributed by atoms with Crippen LogP contribution in [0.25, 0.3) is 0 Å². The Hall–Kier alpha value is -0.850. The average molecular weight is 178 g/mol. The van der Waals surface area contributed by atoms with Crippen molar-refractivity contribution >= 4 is 0 Å². The maximum absolute atomic E-state index is 2.29. The van der Waals surface area contributed by atoms with Crippen LogP contribution in [-0.2, 0) is 7.05 Å². The predicted molar refractivity (Wildman–Crippen MR) is 55.6 cm³/mol. The molecule has 0 aliphatic heterocycles. The summed E-state index contributed by atoms with van der Waals surface area (Å²) in [4.78, 5) is 0. The first-order valence-corrected chi connectivity index (χ1v) is 4.98. The number of aromatic nitrogens is 1. The van der Waals surface area contributed by atoms with E-state index in [0.29, 0.717) is 11.8 Å². The first kappa shape index (κ1) is 10.2. The van der Waals surface area contributed by atoms with Crippen LogP contribution in [0.1, 0.15) is 37.9 Å². The summed E-state index contributed by atoms with van der Waals surface area (Å²) in [5.74, 6) is 1.37. The minimum Gasteiger partial charge on any atom is -0.205 e. The van der Waals surface area contributed by atoms with Gasteiger partial charge in [0.25, 0.3) is 0 Å². The molecule has 0 aliphatic rings. The maximum atomic E-state index is 2.29. The third-order valence-electron chi connectivity index (χ3n) is 2.95. The molecule has 1 heteroatoms. The standard InChI is InChI=1S/C12H20N/c1-9(2)11(4)12-6-7-13(5)10(3)8-12/h6-9,11H,1-5H3/q+1. The van der Waals surface area contributed by atoms with Crippen LogP contribution in [-0.4, -0.2) is 0 Å². The van der Waals surface area contributed by atoms with Crippen LogP contribution in [0.5, 0.6) is 0 Å². The molecule has 1 aromatic rings. The van der Waals surface area contributed by atoms with Gasteiger partial charge in [-0.05, 0) is 17.4 Å². The molecule has 1 aromatic heterocycles. The van der Waals surface area contributed by atoms with Gasteiger partial charge in [0, 0.05) is 19.1 Å². The molecule has 0 N–H and O–H groups in total. The van der Waals surface area contributed by atoms with Crippen molar-refractivity contribution in [2.45, 2.75) is 33.6 Å². The van der Waals surface area contributed by atoms with Crippen LogP contribution in [0.4, 0.5) is 0 Å². The zero-order chi connectivity index (χ0) is 10.0. The second-order valence-electron chi connectivity index (χ2n) is 4.25. The largest absolute Gasteiger partial charge is 0.205 e. The van der Waals surface area contributed by atoms with Crippen molar-refractivity contribution in [1.29, 1.82) is 0 Å². The van der Waals surface area contributed by atoms with Crippen LogP contribution < -0.4 is 4.57 Å². The van der Waals surface area contributed by atoms with E-state index >= 15 is 0 Å². The summed E-state index contributed by atoms with van der Waals surface area (Å²) >= 11 is 0. The van der Waals surface area contributed by atoms with Crippen LogP contribution in [0.15, 0.2) is 18.3 Å². The van der Waals surface area contributed by atoms with Gasteiger partial charge in [-0.25, -0.2) is 4.57 Å². The van der Waals surface area contributed by atoms with Crippen molar-refractivity contribution in [3.8, 4) is 0 Å². The summed E-state index contributed by atoms with van der Waals surface area (Å²) < 4.78 is 2.15. The van der Waals surface area contributed by atoms with Gasteiger partial charge in [-0.2, -0.15) is 0 Å². The molecular formula is C12H20N+. The van der Waals surface area contributed by atoms with Crippen LogP contribution in [0.3, 0.4) is 0 Å². The summed E-state index contributed by atoms with van der Waals surface area (Å²) in [6.07, 6.45) is 2.14. The summed E-state index contributed by atoms with van der Waals surface area (Å²) in [6.45, 7) is 8.98. The molecule has 72 valence electrons. The lowest BCUT2D eigenvalue weighted by atomic mass is 9.91. The number of nitrogens with zero attached hydrogens (tertiary/aromatic N) is 1. The first-order chi connectivity index (χ1) is 6.02. The molecule has 0 saturated carbocycles. The molecule has 0 aliphatic carbocycles. The van der Waals surface area contributed by atoms with E-state index < -0.39 is 0 Å². The quantitative estimate of drug-likeness (QED) is 0.613. The summed E-state index contributed by atoms with van der Waals surface area (Å²) in [7, 11) is 2.08. The number of pyridine rings is 1. The predicted octanol–water partition coefficient (Wildman–Crippen LogP) is 2.58. The Morgan fingerprint density at radius 2 is 1.85 bits per heavy atom. The molecule has 1 atom stereocenters. The normalized spacial score (nSPS) is 13.4.